The van der Waals surface area contributed by atoms with E-state index in [1.54, 1.807) is 18.2 Å². The van der Waals surface area contributed by atoms with Crippen LogP contribution in [-0.2, 0) is 32.6 Å². The van der Waals surface area contributed by atoms with E-state index in [1.807, 2.05) is 44.2 Å². The molecule has 0 fully saturated rings. The highest BCUT2D eigenvalue weighted by atomic mass is 35.5. The maximum atomic E-state index is 14.1. The van der Waals surface area contributed by atoms with E-state index in [9.17, 15) is 18.0 Å². The average Bonchev–Trinajstić information content (AvgIpc) is 2.89. The van der Waals surface area contributed by atoms with Crippen molar-refractivity contribution in [1.29, 1.82) is 0 Å². The fraction of sp³-hybridized carbons (Fsp3) is 0.310. The molecule has 3 aromatic rings. The van der Waals surface area contributed by atoms with E-state index < -0.39 is 28.5 Å². The quantitative estimate of drug-likeness (QED) is 0.279. The predicted molar refractivity (Wildman–Crippen MR) is 164 cm³/mol. The second-order valence-electron chi connectivity index (χ2n) is 9.71. The van der Waals surface area contributed by atoms with Gasteiger partial charge < -0.3 is 15.0 Å². The number of halogens is 3. The molecule has 3 aromatic carbocycles. The fourth-order valence-corrected chi connectivity index (χ4v) is 5.75. The van der Waals surface area contributed by atoms with E-state index in [2.05, 4.69) is 5.32 Å². The summed E-state index contributed by atoms with van der Waals surface area (Å²) in [5.74, 6) is -0.656. The largest absolute Gasteiger partial charge is 0.495 e. The van der Waals surface area contributed by atoms with Crippen molar-refractivity contribution in [2.24, 2.45) is 0 Å². The SMILES string of the molecule is COc1ccc(N(CC(=O)N(Cc2ccc(Cl)cc2Cl)C(Cc2ccccc2)C(=O)NC(C)C)S(C)(=O)=O)cc1Cl. The minimum atomic E-state index is -3.95. The molecule has 0 heterocycles. The van der Waals surface area contributed by atoms with Crippen LogP contribution in [-0.4, -0.2) is 57.1 Å². The van der Waals surface area contributed by atoms with Crippen LogP contribution in [0.15, 0.2) is 66.7 Å². The maximum absolute atomic E-state index is 14.1. The number of nitrogens with one attached hydrogen (secondary N) is 1. The van der Waals surface area contributed by atoms with Gasteiger partial charge in [0, 0.05) is 29.1 Å². The molecule has 0 aliphatic rings. The molecule has 0 aromatic heterocycles. The smallest absolute Gasteiger partial charge is 0.244 e. The van der Waals surface area contributed by atoms with Gasteiger partial charge in [-0.25, -0.2) is 8.42 Å². The number of nitrogens with zero attached hydrogens (tertiary/aromatic N) is 2. The molecule has 41 heavy (non-hydrogen) atoms. The van der Waals surface area contributed by atoms with E-state index in [0.717, 1.165) is 16.1 Å². The van der Waals surface area contributed by atoms with Crippen molar-refractivity contribution in [2.75, 3.05) is 24.2 Å². The molecule has 3 rings (SSSR count). The Hall–Kier alpha value is -2.98. The monoisotopic (exact) mass is 639 g/mol. The Balaban J connectivity index is 2.09. The Morgan fingerprint density at radius 2 is 1.63 bits per heavy atom. The summed E-state index contributed by atoms with van der Waals surface area (Å²) >= 11 is 18.8. The van der Waals surface area contributed by atoms with E-state index in [1.165, 1.54) is 30.2 Å². The van der Waals surface area contributed by atoms with Gasteiger partial charge in [-0.1, -0.05) is 71.2 Å². The zero-order valence-corrected chi connectivity index (χ0v) is 26.2. The van der Waals surface area contributed by atoms with Crippen LogP contribution < -0.4 is 14.4 Å². The molecular weight excluding hydrogens is 609 g/mol. The van der Waals surface area contributed by atoms with E-state index in [-0.39, 0.29) is 35.6 Å². The summed E-state index contributed by atoms with van der Waals surface area (Å²) in [7, 11) is -2.51. The van der Waals surface area contributed by atoms with Crippen molar-refractivity contribution in [1.82, 2.24) is 10.2 Å². The highest BCUT2D eigenvalue weighted by Crippen LogP contribution is 2.31. The van der Waals surface area contributed by atoms with Gasteiger partial charge in [-0.3, -0.25) is 13.9 Å². The van der Waals surface area contributed by atoms with Gasteiger partial charge in [-0.05, 0) is 55.3 Å². The topological polar surface area (TPSA) is 96.0 Å². The van der Waals surface area contributed by atoms with Crippen LogP contribution in [0.1, 0.15) is 25.0 Å². The molecule has 1 N–H and O–H groups in total. The maximum Gasteiger partial charge on any atom is 0.244 e. The Morgan fingerprint density at radius 1 is 0.951 bits per heavy atom. The highest BCUT2D eigenvalue weighted by molar-refractivity contribution is 7.92. The molecule has 1 atom stereocenters. The molecule has 1 unspecified atom stereocenters. The van der Waals surface area contributed by atoms with Crippen LogP contribution >= 0.6 is 34.8 Å². The van der Waals surface area contributed by atoms with E-state index >= 15 is 0 Å². The first-order valence-corrected chi connectivity index (χ1v) is 15.7. The van der Waals surface area contributed by atoms with Crippen LogP contribution in [0.25, 0.3) is 0 Å². The molecule has 0 aliphatic carbocycles. The minimum Gasteiger partial charge on any atom is -0.495 e. The number of benzene rings is 3. The number of rotatable bonds is 12. The Labute approximate surface area is 256 Å². The number of carbonyl (C=O) groups excluding carboxylic acids is 2. The molecule has 12 heteroatoms. The molecule has 0 saturated carbocycles. The number of carbonyl (C=O) groups is 2. The Kier molecular flexibility index (Phi) is 11.3. The van der Waals surface area contributed by atoms with Gasteiger partial charge in [0.05, 0.1) is 24.1 Å². The minimum absolute atomic E-state index is 0.0706. The summed E-state index contributed by atoms with van der Waals surface area (Å²) in [5, 5.41) is 3.79. The van der Waals surface area contributed by atoms with E-state index in [4.69, 9.17) is 39.5 Å². The normalized spacial score (nSPS) is 12.1. The van der Waals surface area contributed by atoms with Gasteiger partial charge >= 0.3 is 0 Å². The average molecular weight is 641 g/mol. The third-order valence-corrected chi connectivity index (χ3v) is 8.18. The lowest BCUT2D eigenvalue weighted by molar-refractivity contribution is -0.140. The molecule has 0 aliphatic heterocycles. The molecule has 0 spiro atoms. The summed E-state index contributed by atoms with van der Waals surface area (Å²) in [6, 6.07) is 17.3. The number of hydrogen-bond donors (Lipinski definition) is 1. The van der Waals surface area contributed by atoms with Crippen molar-refractivity contribution in [3.05, 3.63) is 92.9 Å². The molecule has 0 bridgehead atoms. The van der Waals surface area contributed by atoms with Crippen LogP contribution in [0.2, 0.25) is 15.1 Å². The summed E-state index contributed by atoms with van der Waals surface area (Å²) in [6.45, 7) is 2.97. The summed E-state index contributed by atoms with van der Waals surface area (Å²) < 4.78 is 31.9. The third-order valence-electron chi connectivity index (χ3n) is 6.16. The molecule has 0 radical (unpaired) electrons. The van der Waals surface area contributed by atoms with Gasteiger partial charge in [0.25, 0.3) is 0 Å². The third kappa shape index (κ3) is 9.00. The lowest BCUT2D eigenvalue weighted by Crippen LogP contribution is -2.54. The summed E-state index contributed by atoms with van der Waals surface area (Å²) in [6.07, 6.45) is 1.18. The number of amides is 2. The number of methoxy groups -OCH3 is 1. The number of anilines is 1. The first-order valence-electron chi connectivity index (χ1n) is 12.7. The Morgan fingerprint density at radius 3 is 2.20 bits per heavy atom. The lowest BCUT2D eigenvalue weighted by atomic mass is 10.0. The molecular formula is C29H32Cl3N3O5S. The second-order valence-corrected chi connectivity index (χ2v) is 12.9. The number of hydrogen-bond acceptors (Lipinski definition) is 5. The fourth-order valence-electron chi connectivity index (χ4n) is 4.19. The van der Waals surface area contributed by atoms with Crippen LogP contribution in [0.5, 0.6) is 5.75 Å². The second kappa shape index (κ2) is 14.3. The van der Waals surface area contributed by atoms with Gasteiger partial charge in [0.2, 0.25) is 21.8 Å². The van der Waals surface area contributed by atoms with Crippen LogP contribution in [0.4, 0.5) is 5.69 Å². The highest BCUT2D eigenvalue weighted by Gasteiger charge is 2.33. The molecule has 8 nitrogen and oxygen atoms in total. The zero-order valence-electron chi connectivity index (χ0n) is 23.1. The first-order chi connectivity index (χ1) is 19.3. The summed E-state index contributed by atoms with van der Waals surface area (Å²) in [5.41, 5.74) is 1.53. The number of ether oxygens (including phenoxy) is 1. The van der Waals surface area contributed by atoms with Crippen molar-refractivity contribution < 1.29 is 22.7 Å². The van der Waals surface area contributed by atoms with E-state index in [0.29, 0.717) is 21.4 Å². The first kappa shape index (κ1) is 32.5. The van der Waals surface area contributed by atoms with Crippen molar-refractivity contribution in [2.45, 2.75) is 38.9 Å². The van der Waals surface area contributed by atoms with Crippen molar-refractivity contribution in [3.8, 4) is 5.75 Å². The molecule has 220 valence electrons. The predicted octanol–water partition coefficient (Wildman–Crippen LogP) is 5.59. The zero-order chi connectivity index (χ0) is 30.3. The number of sulfonamides is 1. The van der Waals surface area contributed by atoms with Gasteiger partial charge in [-0.2, -0.15) is 0 Å². The van der Waals surface area contributed by atoms with Crippen molar-refractivity contribution >= 4 is 62.3 Å². The Bertz CT molecular complexity index is 1490. The standard InChI is InChI=1S/C29H32Cl3N3O5S/c1-19(2)33-29(37)26(14-20-8-6-5-7-9-20)34(17-21-10-11-22(30)15-24(21)31)28(36)18-35(41(4,38)39)23-12-13-27(40-3)25(32)16-23/h5-13,15-16,19,26H,14,17-18H2,1-4H3,(H,33,37). The summed E-state index contributed by atoms with van der Waals surface area (Å²) in [4.78, 5) is 29.0. The lowest BCUT2D eigenvalue weighted by Gasteiger charge is -2.34. The molecule has 2 amide bonds. The molecule has 0 saturated heterocycles. The van der Waals surface area contributed by atoms with Crippen molar-refractivity contribution in [3.63, 3.8) is 0 Å². The van der Waals surface area contributed by atoms with Gasteiger partial charge in [0.15, 0.2) is 0 Å². The van der Waals surface area contributed by atoms with Gasteiger partial charge in [-0.15, -0.1) is 0 Å². The van der Waals surface area contributed by atoms with Crippen LogP contribution in [0, 0.1) is 0 Å². The van der Waals surface area contributed by atoms with Crippen LogP contribution in [0.3, 0.4) is 0 Å². The van der Waals surface area contributed by atoms with Gasteiger partial charge in [0.1, 0.15) is 18.3 Å².